The van der Waals surface area contributed by atoms with Crippen molar-refractivity contribution in [2.24, 2.45) is 0 Å². The summed E-state index contributed by atoms with van der Waals surface area (Å²) in [6.07, 6.45) is 2.21. The Bertz CT molecular complexity index is 526. The zero-order chi connectivity index (χ0) is 9.42. The van der Waals surface area contributed by atoms with Crippen LogP contribution in [0, 0.1) is 10.1 Å². The van der Waals surface area contributed by atoms with Crippen LogP contribution in [0.25, 0.3) is 5.65 Å². The van der Waals surface area contributed by atoms with E-state index >= 15 is 0 Å². The van der Waals surface area contributed by atoms with Gasteiger partial charge in [0.25, 0.3) is 0 Å². The Kier molecular flexibility index (Phi) is 1.35. The number of aromatic nitrogens is 4. The van der Waals surface area contributed by atoms with Gasteiger partial charge >= 0.3 is 11.2 Å². The zero-order valence-corrected chi connectivity index (χ0v) is 6.17. The van der Waals surface area contributed by atoms with Gasteiger partial charge in [-0.2, -0.15) is 9.61 Å². The summed E-state index contributed by atoms with van der Waals surface area (Å²) < 4.78 is 0.901. The van der Waals surface area contributed by atoms with E-state index < -0.39 is 16.2 Å². The molecule has 0 unspecified atom stereocenters. The molecule has 2 rings (SSSR count). The zero-order valence-electron chi connectivity index (χ0n) is 6.17. The predicted molar refractivity (Wildman–Crippen MR) is 40.3 cm³/mol. The molecule has 0 aliphatic heterocycles. The molecule has 66 valence electrons. The van der Waals surface area contributed by atoms with Crippen LogP contribution in [-0.4, -0.2) is 24.7 Å². The van der Waals surface area contributed by atoms with E-state index in [0.717, 1.165) is 10.7 Å². The molecule has 0 fully saturated rings. The van der Waals surface area contributed by atoms with Crippen molar-refractivity contribution in [3.8, 4) is 0 Å². The molecule has 0 radical (unpaired) electrons. The maximum absolute atomic E-state index is 11.2. The molecule has 0 bridgehead atoms. The number of nitro groups is 1. The van der Waals surface area contributed by atoms with Gasteiger partial charge in [-0.05, 0) is 0 Å². The van der Waals surface area contributed by atoms with Crippen LogP contribution in [-0.2, 0) is 0 Å². The summed E-state index contributed by atoms with van der Waals surface area (Å²) in [4.78, 5) is 24.4. The molecule has 8 nitrogen and oxygen atoms in total. The molecule has 0 aliphatic rings. The minimum atomic E-state index is -0.789. The van der Waals surface area contributed by atoms with Gasteiger partial charge in [0.15, 0.2) is 5.65 Å². The summed E-state index contributed by atoms with van der Waals surface area (Å²) in [6, 6.07) is 0. The normalized spacial score (nSPS) is 10.5. The third kappa shape index (κ3) is 0.956. The number of H-pyrrole nitrogens is 1. The fourth-order valence-corrected chi connectivity index (χ4v) is 0.916. The SMILES string of the molecule is O=c1c([N+](=O)[O-])cnc2cn[nH]n12. The fraction of sp³-hybridized carbons (Fsp3) is 0. The van der Waals surface area contributed by atoms with Gasteiger partial charge in [0.1, 0.15) is 6.20 Å². The summed E-state index contributed by atoms with van der Waals surface area (Å²) >= 11 is 0. The third-order valence-corrected chi connectivity index (χ3v) is 1.50. The van der Waals surface area contributed by atoms with Crippen LogP contribution in [0.2, 0.25) is 0 Å². The van der Waals surface area contributed by atoms with Gasteiger partial charge in [-0.3, -0.25) is 14.9 Å². The fourth-order valence-electron chi connectivity index (χ4n) is 0.916. The van der Waals surface area contributed by atoms with Crippen molar-refractivity contribution < 1.29 is 4.92 Å². The van der Waals surface area contributed by atoms with E-state index in [-0.39, 0.29) is 5.65 Å². The van der Waals surface area contributed by atoms with Crippen molar-refractivity contribution in [1.82, 2.24) is 19.8 Å². The maximum atomic E-state index is 11.2. The van der Waals surface area contributed by atoms with Crippen LogP contribution >= 0.6 is 0 Å². The molecule has 13 heavy (non-hydrogen) atoms. The molecule has 0 aromatic carbocycles. The van der Waals surface area contributed by atoms with E-state index in [1.807, 2.05) is 0 Å². The summed E-state index contributed by atoms with van der Waals surface area (Å²) in [5, 5.41) is 16.1. The summed E-state index contributed by atoms with van der Waals surface area (Å²) in [5.74, 6) is 0. The van der Waals surface area contributed by atoms with E-state index in [1.165, 1.54) is 6.20 Å². The lowest BCUT2D eigenvalue weighted by atomic mass is 10.5. The number of nitrogens with zero attached hydrogens (tertiary/aromatic N) is 4. The summed E-state index contributed by atoms with van der Waals surface area (Å²) in [6.45, 7) is 0. The standard InChI is InChI=1S/C5H3N5O3/c11-5-3(10(12)13)1-6-4-2-7-8-9(4)5/h1-2,8H. The Morgan fingerprint density at radius 2 is 2.31 bits per heavy atom. The Hall–Kier alpha value is -2.25. The predicted octanol–water partition coefficient (Wildman–Crippen LogP) is -0.674. The van der Waals surface area contributed by atoms with Crippen molar-refractivity contribution in [3.05, 3.63) is 32.9 Å². The smallest absolute Gasteiger partial charge is 0.259 e. The second kappa shape index (κ2) is 2.37. The summed E-state index contributed by atoms with van der Waals surface area (Å²) in [7, 11) is 0. The van der Waals surface area contributed by atoms with Crippen LogP contribution in [0.5, 0.6) is 0 Å². The number of rotatable bonds is 1. The van der Waals surface area contributed by atoms with Gasteiger partial charge in [0.05, 0.1) is 11.1 Å². The first kappa shape index (κ1) is 7.40. The molecule has 2 aromatic heterocycles. The first-order valence-corrected chi connectivity index (χ1v) is 3.25. The number of hydrogen-bond acceptors (Lipinski definition) is 5. The van der Waals surface area contributed by atoms with Gasteiger partial charge in [0.2, 0.25) is 0 Å². The lowest BCUT2D eigenvalue weighted by Gasteiger charge is -1.90. The molecule has 0 amide bonds. The Morgan fingerprint density at radius 3 is 3.00 bits per heavy atom. The lowest BCUT2D eigenvalue weighted by Crippen LogP contribution is -2.18. The quantitative estimate of drug-likeness (QED) is 0.463. The summed E-state index contributed by atoms with van der Waals surface area (Å²) in [5.41, 5.74) is -1.11. The Balaban J connectivity index is 2.89. The molecule has 0 atom stereocenters. The van der Waals surface area contributed by atoms with E-state index in [1.54, 1.807) is 0 Å². The largest absolute Gasteiger partial charge is 0.354 e. The third-order valence-electron chi connectivity index (χ3n) is 1.50. The second-order valence-electron chi connectivity index (χ2n) is 2.26. The highest BCUT2D eigenvalue weighted by atomic mass is 16.6. The highest BCUT2D eigenvalue weighted by molar-refractivity contribution is 5.37. The van der Waals surface area contributed by atoms with E-state index in [4.69, 9.17) is 0 Å². The number of aromatic amines is 1. The van der Waals surface area contributed by atoms with Crippen molar-refractivity contribution in [2.45, 2.75) is 0 Å². The average molecular weight is 181 g/mol. The van der Waals surface area contributed by atoms with Crippen molar-refractivity contribution >= 4 is 11.3 Å². The van der Waals surface area contributed by atoms with E-state index in [0.29, 0.717) is 0 Å². The number of nitrogens with one attached hydrogen (secondary N) is 1. The first-order chi connectivity index (χ1) is 6.20. The molecule has 8 heteroatoms. The molecule has 0 saturated heterocycles. The number of fused-ring (bicyclic) bond motifs is 1. The van der Waals surface area contributed by atoms with Crippen LogP contribution in [0.1, 0.15) is 0 Å². The Labute approximate surface area is 70.0 Å². The van der Waals surface area contributed by atoms with Gasteiger partial charge in [-0.25, -0.2) is 10.2 Å². The molecular weight excluding hydrogens is 178 g/mol. The maximum Gasteiger partial charge on any atom is 0.354 e. The number of hydrogen-bond donors (Lipinski definition) is 1. The average Bonchev–Trinajstić information content (AvgIpc) is 2.52. The molecule has 1 N–H and O–H groups in total. The van der Waals surface area contributed by atoms with Crippen molar-refractivity contribution in [1.29, 1.82) is 0 Å². The molecule has 0 spiro atoms. The highest BCUT2D eigenvalue weighted by Gasteiger charge is 2.15. The van der Waals surface area contributed by atoms with Gasteiger partial charge in [-0.1, -0.05) is 0 Å². The van der Waals surface area contributed by atoms with Crippen molar-refractivity contribution in [3.63, 3.8) is 0 Å². The minimum absolute atomic E-state index is 0.246. The topological polar surface area (TPSA) is 106 Å². The van der Waals surface area contributed by atoms with Crippen LogP contribution < -0.4 is 5.56 Å². The van der Waals surface area contributed by atoms with Crippen LogP contribution in [0.4, 0.5) is 5.69 Å². The minimum Gasteiger partial charge on any atom is -0.259 e. The molecule has 2 aromatic rings. The molecular formula is C5H3N5O3. The Morgan fingerprint density at radius 1 is 1.54 bits per heavy atom. The van der Waals surface area contributed by atoms with E-state index in [9.17, 15) is 14.9 Å². The molecule has 2 heterocycles. The van der Waals surface area contributed by atoms with Gasteiger partial charge in [-0.15, -0.1) is 0 Å². The second-order valence-corrected chi connectivity index (χ2v) is 2.26. The van der Waals surface area contributed by atoms with Gasteiger partial charge in [0, 0.05) is 0 Å². The van der Waals surface area contributed by atoms with E-state index in [2.05, 4.69) is 15.3 Å². The molecule has 0 aliphatic carbocycles. The highest BCUT2D eigenvalue weighted by Crippen LogP contribution is 2.01. The van der Waals surface area contributed by atoms with Crippen LogP contribution in [0.15, 0.2) is 17.2 Å². The molecule has 0 saturated carbocycles. The van der Waals surface area contributed by atoms with Crippen LogP contribution in [0.3, 0.4) is 0 Å². The van der Waals surface area contributed by atoms with Gasteiger partial charge < -0.3 is 0 Å². The van der Waals surface area contributed by atoms with Crippen molar-refractivity contribution in [2.75, 3.05) is 0 Å². The monoisotopic (exact) mass is 181 g/mol. The lowest BCUT2D eigenvalue weighted by molar-refractivity contribution is -0.386. The first-order valence-electron chi connectivity index (χ1n) is 3.25.